The Morgan fingerprint density at radius 3 is 1.16 bits per heavy atom. The van der Waals surface area contributed by atoms with E-state index in [0.717, 1.165) is 57.8 Å². The molecule has 1 aliphatic heterocycles. The lowest BCUT2D eigenvalue weighted by Crippen LogP contribution is -2.60. The molecule has 1 amide bonds. The van der Waals surface area contributed by atoms with Gasteiger partial charge in [0.15, 0.2) is 6.29 Å². The van der Waals surface area contributed by atoms with Crippen LogP contribution >= 0.6 is 0 Å². The first-order valence-corrected chi connectivity index (χ1v) is 36.7. The van der Waals surface area contributed by atoms with E-state index in [0.29, 0.717) is 19.4 Å². The van der Waals surface area contributed by atoms with Crippen molar-refractivity contribution < 1.29 is 49.3 Å². The summed E-state index contributed by atoms with van der Waals surface area (Å²) in [7, 11) is 0. The average Bonchev–Trinajstić information content (AvgIpc) is 3.34. The Labute approximate surface area is 523 Å². The molecule has 0 bridgehead atoms. The first-order chi connectivity index (χ1) is 41.7. The molecule has 85 heavy (non-hydrogen) atoms. The van der Waals surface area contributed by atoms with Crippen LogP contribution in [0, 0.1) is 0 Å². The second kappa shape index (κ2) is 63.4. The number of amides is 1. The summed E-state index contributed by atoms with van der Waals surface area (Å²) >= 11 is 0. The predicted octanol–water partition coefficient (Wildman–Crippen LogP) is 19.0. The van der Waals surface area contributed by atoms with E-state index in [1.165, 1.54) is 276 Å². The summed E-state index contributed by atoms with van der Waals surface area (Å²) in [6.07, 6.45) is 72.1. The number of ether oxygens (including phenoxy) is 3. The van der Waals surface area contributed by atoms with Gasteiger partial charge in [-0.3, -0.25) is 9.59 Å². The molecule has 0 aromatic heterocycles. The van der Waals surface area contributed by atoms with Gasteiger partial charge in [-0.05, 0) is 51.9 Å². The van der Waals surface area contributed by atoms with E-state index in [4.69, 9.17) is 14.2 Å². The van der Waals surface area contributed by atoms with Crippen LogP contribution in [0.4, 0.5) is 0 Å². The van der Waals surface area contributed by atoms with Crippen LogP contribution in [-0.4, -0.2) is 100 Å². The van der Waals surface area contributed by atoms with Gasteiger partial charge in [-0.15, -0.1) is 0 Å². The zero-order valence-corrected chi connectivity index (χ0v) is 55.6. The number of carbonyl (C=O) groups excluding carboxylic acids is 2. The third-order valence-electron chi connectivity index (χ3n) is 17.6. The van der Waals surface area contributed by atoms with E-state index in [-0.39, 0.29) is 18.5 Å². The Kier molecular flexibility index (Phi) is 60.4. The van der Waals surface area contributed by atoms with Crippen molar-refractivity contribution in [1.29, 1.82) is 0 Å². The SMILES string of the molecule is C/C=C/CC/C=C/CC/C=C/C(O)C(COC1OC(CO)C(O)C(O)C1O)NC(=O)CCCCCCCCCCCCCCCCCCCCCCCCCCCCCCCCCCCCCCCOC(=O)CCCCCCCCCCCCC. The lowest BCUT2D eigenvalue weighted by Gasteiger charge is -2.40. The molecule has 11 heteroatoms. The Balaban J connectivity index is 1.86. The van der Waals surface area contributed by atoms with Gasteiger partial charge in [0, 0.05) is 12.8 Å². The van der Waals surface area contributed by atoms with Gasteiger partial charge in [0.2, 0.25) is 5.91 Å². The van der Waals surface area contributed by atoms with Crippen molar-refractivity contribution in [2.75, 3.05) is 19.8 Å². The fourth-order valence-electron chi connectivity index (χ4n) is 11.8. The Morgan fingerprint density at radius 2 is 0.788 bits per heavy atom. The Morgan fingerprint density at radius 1 is 0.447 bits per heavy atom. The number of unbranched alkanes of at least 4 members (excludes halogenated alkanes) is 48. The molecule has 0 aliphatic carbocycles. The molecular weight excluding hydrogens is 1060 g/mol. The van der Waals surface area contributed by atoms with E-state index in [9.17, 15) is 35.1 Å². The molecule has 11 nitrogen and oxygen atoms in total. The summed E-state index contributed by atoms with van der Waals surface area (Å²) < 4.78 is 16.7. The van der Waals surface area contributed by atoms with Gasteiger partial charge in [-0.1, -0.05) is 332 Å². The summed E-state index contributed by atoms with van der Waals surface area (Å²) in [6, 6.07) is -0.829. The number of carbonyl (C=O) groups is 2. The molecule has 500 valence electrons. The van der Waals surface area contributed by atoms with Gasteiger partial charge in [-0.2, -0.15) is 0 Å². The number of nitrogens with one attached hydrogen (secondary N) is 1. The molecule has 1 fully saturated rings. The minimum atomic E-state index is -1.58. The molecule has 7 unspecified atom stereocenters. The summed E-state index contributed by atoms with van der Waals surface area (Å²) in [5.74, 6) is -0.176. The molecule has 6 N–H and O–H groups in total. The minimum absolute atomic E-state index is 0.0169. The van der Waals surface area contributed by atoms with Crippen molar-refractivity contribution in [3.8, 4) is 0 Å². The van der Waals surface area contributed by atoms with Crippen LogP contribution in [0.5, 0.6) is 0 Å². The molecule has 1 aliphatic rings. The van der Waals surface area contributed by atoms with Crippen molar-refractivity contribution in [3.05, 3.63) is 36.5 Å². The maximum atomic E-state index is 13.0. The molecule has 0 spiro atoms. The Hall–Kier alpha value is -2.12. The molecular formula is C74H139NO10. The van der Waals surface area contributed by atoms with E-state index < -0.39 is 49.5 Å². The van der Waals surface area contributed by atoms with Crippen molar-refractivity contribution in [2.45, 2.75) is 403 Å². The third kappa shape index (κ3) is 52.4. The predicted molar refractivity (Wildman–Crippen MR) is 357 cm³/mol. The number of aliphatic hydroxyl groups excluding tert-OH is 5. The number of allylic oxidation sites excluding steroid dienone is 5. The van der Waals surface area contributed by atoms with Crippen LogP contribution < -0.4 is 5.32 Å². The van der Waals surface area contributed by atoms with Crippen LogP contribution in [-0.2, 0) is 23.8 Å². The summed E-state index contributed by atoms with van der Waals surface area (Å²) in [5, 5.41) is 54.2. The van der Waals surface area contributed by atoms with Crippen LogP contribution in [0.15, 0.2) is 36.5 Å². The number of rotatable bonds is 65. The van der Waals surface area contributed by atoms with Crippen molar-refractivity contribution in [1.82, 2.24) is 5.32 Å². The summed E-state index contributed by atoms with van der Waals surface area (Å²) in [4.78, 5) is 25.0. The largest absolute Gasteiger partial charge is 0.466 e. The number of hydrogen-bond donors (Lipinski definition) is 6. The molecule has 1 heterocycles. The number of hydrogen-bond acceptors (Lipinski definition) is 10. The monoisotopic (exact) mass is 1200 g/mol. The van der Waals surface area contributed by atoms with Crippen LogP contribution in [0.2, 0.25) is 0 Å². The van der Waals surface area contributed by atoms with Gasteiger partial charge in [-0.25, -0.2) is 0 Å². The maximum absolute atomic E-state index is 13.0. The topological polar surface area (TPSA) is 175 Å². The molecule has 7 atom stereocenters. The quantitative estimate of drug-likeness (QED) is 0.0195. The van der Waals surface area contributed by atoms with E-state index >= 15 is 0 Å². The van der Waals surface area contributed by atoms with E-state index in [2.05, 4.69) is 30.5 Å². The highest BCUT2D eigenvalue weighted by molar-refractivity contribution is 5.76. The molecule has 1 saturated heterocycles. The normalized spacial score (nSPS) is 18.1. The van der Waals surface area contributed by atoms with Crippen molar-refractivity contribution in [3.63, 3.8) is 0 Å². The van der Waals surface area contributed by atoms with Crippen LogP contribution in [0.25, 0.3) is 0 Å². The molecule has 1 rings (SSSR count). The fourth-order valence-corrected chi connectivity index (χ4v) is 11.8. The van der Waals surface area contributed by atoms with Gasteiger partial charge in [0.05, 0.1) is 32.0 Å². The minimum Gasteiger partial charge on any atom is -0.466 e. The zero-order chi connectivity index (χ0) is 61.6. The second-order valence-corrected chi connectivity index (χ2v) is 25.7. The highest BCUT2D eigenvalue weighted by atomic mass is 16.7. The fraction of sp³-hybridized carbons (Fsp3) is 0.892. The van der Waals surface area contributed by atoms with Gasteiger partial charge < -0.3 is 45.1 Å². The van der Waals surface area contributed by atoms with Crippen LogP contribution in [0.1, 0.15) is 361 Å². The standard InChI is InChI=1S/C74H139NO10/c1-3-5-7-9-11-13-41-46-50-54-58-62-70(79)83-63-59-55-51-47-43-40-38-36-34-32-30-28-26-24-22-20-18-16-14-15-17-19-21-23-25-27-29-31-33-35-37-39-42-45-49-53-57-61-69(78)75-66(67(77)60-56-52-48-44-12-10-8-6-4-2)65-84-74-73(82)72(81)71(80)68(64-76)85-74/h4,6,12,44,56,60,66-68,71-74,76-77,80-82H,3,5,7-11,13-43,45-55,57-59,61-65H2,1-2H3,(H,75,78)/b6-4+,44-12+,60-56+. The first-order valence-electron chi connectivity index (χ1n) is 36.7. The molecule has 0 aromatic carbocycles. The third-order valence-corrected chi connectivity index (χ3v) is 17.6. The van der Waals surface area contributed by atoms with Crippen molar-refractivity contribution in [2.24, 2.45) is 0 Å². The zero-order valence-electron chi connectivity index (χ0n) is 55.6. The smallest absolute Gasteiger partial charge is 0.305 e. The molecule has 0 radical (unpaired) electrons. The number of esters is 1. The Bertz CT molecular complexity index is 1510. The number of aliphatic hydroxyl groups is 5. The lowest BCUT2D eigenvalue weighted by atomic mass is 9.99. The second-order valence-electron chi connectivity index (χ2n) is 25.7. The van der Waals surface area contributed by atoms with Gasteiger partial charge in [0.1, 0.15) is 24.4 Å². The van der Waals surface area contributed by atoms with Crippen LogP contribution in [0.3, 0.4) is 0 Å². The first kappa shape index (κ1) is 80.9. The summed E-state index contributed by atoms with van der Waals surface area (Å²) in [6.45, 7) is 4.13. The van der Waals surface area contributed by atoms with Crippen molar-refractivity contribution >= 4 is 11.9 Å². The summed E-state index contributed by atoms with van der Waals surface area (Å²) in [5.41, 5.74) is 0. The highest BCUT2D eigenvalue weighted by Crippen LogP contribution is 2.24. The molecule has 0 saturated carbocycles. The van der Waals surface area contributed by atoms with Gasteiger partial charge in [0.25, 0.3) is 0 Å². The maximum Gasteiger partial charge on any atom is 0.305 e. The van der Waals surface area contributed by atoms with Gasteiger partial charge >= 0.3 is 5.97 Å². The lowest BCUT2D eigenvalue weighted by molar-refractivity contribution is -0.302. The van der Waals surface area contributed by atoms with E-state index in [1.807, 2.05) is 19.1 Å². The molecule has 0 aromatic rings. The highest BCUT2D eigenvalue weighted by Gasteiger charge is 2.44. The van der Waals surface area contributed by atoms with E-state index in [1.54, 1.807) is 6.08 Å². The average molecular weight is 1200 g/mol.